The fourth-order valence-corrected chi connectivity index (χ4v) is 4.21. The number of halogens is 2. The lowest BCUT2D eigenvalue weighted by molar-refractivity contribution is -0.0334. The van der Waals surface area contributed by atoms with Crippen LogP contribution in [0.5, 0.6) is 0 Å². The van der Waals surface area contributed by atoms with Crippen molar-refractivity contribution in [3.05, 3.63) is 57.2 Å². The smallest absolute Gasteiger partial charge is 0.191 e. The molecule has 8 heteroatoms. The summed E-state index contributed by atoms with van der Waals surface area (Å²) in [5.74, 6) is 0.799. The molecule has 1 aromatic heterocycles. The molecule has 2 atom stereocenters. The van der Waals surface area contributed by atoms with E-state index < -0.39 is 0 Å². The number of benzene rings is 1. The van der Waals surface area contributed by atoms with Crippen molar-refractivity contribution in [3.8, 4) is 0 Å². The van der Waals surface area contributed by atoms with Crippen LogP contribution in [0.4, 0.5) is 0 Å². The Balaban J connectivity index is 0.00000280. The molecular weight excluding hydrogens is 507 g/mol. The van der Waals surface area contributed by atoms with Gasteiger partial charge < -0.3 is 15.4 Å². The number of thiophene rings is 1. The lowest BCUT2D eigenvalue weighted by Crippen LogP contribution is -2.47. The number of ether oxygens (including phenoxy) is 1. The standard InChI is InChI=1S/C20H27ClN4OS.HI/c1-15-14-25(9-10-26-15)18(19-4-3-11-27-19)13-24-20(22-2)23-12-16-5-7-17(21)8-6-16;/h3-8,11,15,18H,9-10,12-14H2,1-2H3,(H2,22,23,24);1H. The van der Waals surface area contributed by atoms with Crippen LogP contribution in [0.2, 0.25) is 5.02 Å². The summed E-state index contributed by atoms with van der Waals surface area (Å²) in [5.41, 5.74) is 1.17. The minimum Gasteiger partial charge on any atom is -0.376 e. The first kappa shape index (κ1) is 23.4. The molecule has 1 saturated heterocycles. The average molecular weight is 535 g/mol. The number of nitrogens with zero attached hydrogens (tertiary/aromatic N) is 2. The molecule has 0 bridgehead atoms. The minimum atomic E-state index is 0. The van der Waals surface area contributed by atoms with E-state index in [0.29, 0.717) is 12.6 Å². The third-order valence-corrected chi connectivity index (χ3v) is 5.87. The van der Waals surface area contributed by atoms with Gasteiger partial charge in [0.2, 0.25) is 0 Å². The number of hydrogen-bond donors (Lipinski definition) is 2. The zero-order valence-corrected chi connectivity index (χ0v) is 20.1. The van der Waals surface area contributed by atoms with Crippen LogP contribution in [0.3, 0.4) is 0 Å². The second-order valence-corrected chi connectivity index (χ2v) is 8.06. The van der Waals surface area contributed by atoms with Gasteiger partial charge in [-0.05, 0) is 36.1 Å². The van der Waals surface area contributed by atoms with Crippen molar-refractivity contribution in [2.45, 2.75) is 25.6 Å². The molecule has 2 aromatic rings. The number of nitrogens with one attached hydrogen (secondary N) is 2. The zero-order chi connectivity index (χ0) is 19.1. The molecule has 2 heterocycles. The molecular formula is C20H28ClIN4OS. The molecule has 0 saturated carbocycles. The molecule has 154 valence electrons. The van der Waals surface area contributed by atoms with Crippen LogP contribution < -0.4 is 10.6 Å². The highest BCUT2D eigenvalue weighted by atomic mass is 127. The van der Waals surface area contributed by atoms with Gasteiger partial charge in [-0.2, -0.15) is 0 Å². The van der Waals surface area contributed by atoms with Crippen molar-refractivity contribution in [1.29, 1.82) is 0 Å². The highest BCUT2D eigenvalue weighted by Crippen LogP contribution is 2.26. The van der Waals surface area contributed by atoms with E-state index in [-0.39, 0.29) is 30.1 Å². The summed E-state index contributed by atoms with van der Waals surface area (Å²) >= 11 is 7.75. The molecule has 1 aromatic carbocycles. The molecule has 2 N–H and O–H groups in total. The van der Waals surface area contributed by atoms with Gasteiger partial charge in [0.1, 0.15) is 0 Å². The Morgan fingerprint density at radius 1 is 1.32 bits per heavy atom. The van der Waals surface area contributed by atoms with Gasteiger partial charge in [-0.3, -0.25) is 9.89 Å². The van der Waals surface area contributed by atoms with Crippen molar-refractivity contribution >= 4 is 52.9 Å². The monoisotopic (exact) mass is 534 g/mol. The van der Waals surface area contributed by atoms with Crippen LogP contribution in [-0.2, 0) is 11.3 Å². The van der Waals surface area contributed by atoms with Gasteiger partial charge in [0.25, 0.3) is 0 Å². The van der Waals surface area contributed by atoms with E-state index in [1.165, 1.54) is 10.4 Å². The minimum absolute atomic E-state index is 0. The van der Waals surface area contributed by atoms with Crippen LogP contribution in [0, 0.1) is 0 Å². The van der Waals surface area contributed by atoms with Gasteiger partial charge in [-0.15, -0.1) is 35.3 Å². The Hall–Kier alpha value is -0.870. The largest absolute Gasteiger partial charge is 0.376 e. The molecule has 0 radical (unpaired) electrons. The SMILES string of the molecule is CN=C(NCc1ccc(Cl)cc1)NCC(c1cccs1)N1CCOC(C)C1.I. The summed E-state index contributed by atoms with van der Waals surface area (Å²) in [7, 11) is 1.80. The number of aliphatic imine (C=N–C) groups is 1. The van der Waals surface area contributed by atoms with Crippen LogP contribution in [0.15, 0.2) is 46.8 Å². The third kappa shape index (κ3) is 6.88. The summed E-state index contributed by atoms with van der Waals surface area (Å²) in [5, 5.41) is 9.75. The highest BCUT2D eigenvalue weighted by Gasteiger charge is 2.26. The van der Waals surface area contributed by atoms with E-state index in [1.807, 2.05) is 24.3 Å². The predicted octanol–water partition coefficient (Wildman–Crippen LogP) is 4.15. The first-order valence-corrected chi connectivity index (χ1v) is 10.5. The second kappa shape index (κ2) is 12.0. The maximum absolute atomic E-state index is 5.95. The maximum Gasteiger partial charge on any atom is 0.191 e. The summed E-state index contributed by atoms with van der Waals surface area (Å²) in [6.07, 6.45) is 0.267. The molecule has 0 amide bonds. The normalized spacial score (nSPS) is 19.0. The number of hydrogen-bond acceptors (Lipinski definition) is 4. The van der Waals surface area contributed by atoms with Crippen LogP contribution in [0.1, 0.15) is 23.4 Å². The third-order valence-electron chi connectivity index (χ3n) is 4.64. The first-order chi connectivity index (χ1) is 13.2. The van der Waals surface area contributed by atoms with Gasteiger partial charge in [-0.25, -0.2) is 0 Å². The molecule has 1 aliphatic heterocycles. The van der Waals surface area contributed by atoms with E-state index in [4.69, 9.17) is 16.3 Å². The summed E-state index contributed by atoms with van der Waals surface area (Å²) in [4.78, 5) is 8.23. The maximum atomic E-state index is 5.95. The molecule has 3 rings (SSSR count). The van der Waals surface area contributed by atoms with Gasteiger partial charge in [0.15, 0.2) is 5.96 Å². The number of rotatable bonds is 6. The van der Waals surface area contributed by atoms with Crippen LogP contribution in [-0.4, -0.2) is 50.3 Å². The van der Waals surface area contributed by atoms with E-state index in [1.54, 1.807) is 18.4 Å². The molecule has 0 spiro atoms. The average Bonchev–Trinajstić information content (AvgIpc) is 3.20. The van der Waals surface area contributed by atoms with Crippen molar-refractivity contribution in [2.75, 3.05) is 33.3 Å². The number of guanidine groups is 1. The first-order valence-electron chi connectivity index (χ1n) is 9.23. The topological polar surface area (TPSA) is 48.9 Å². The van der Waals surface area contributed by atoms with Gasteiger partial charge >= 0.3 is 0 Å². The molecule has 1 aliphatic rings. The summed E-state index contributed by atoms with van der Waals surface area (Å²) in [6.45, 7) is 6.32. The van der Waals surface area contributed by atoms with Crippen molar-refractivity contribution in [2.24, 2.45) is 4.99 Å². The Bertz CT molecular complexity index is 726. The molecule has 28 heavy (non-hydrogen) atoms. The Labute approximate surface area is 193 Å². The van der Waals surface area contributed by atoms with Crippen molar-refractivity contribution < 1.29 is 4.74 Å². The van der Waals surface area contributed by atoms with E-state index >= 15 is 0 Å². The van der Waals surface area contributed by atoms with E-state index in [2.05, 4.69) is 45.0 Å². The predicted molar refractivity (Wildman–Crippen MR) is 129 cm³/mol. The van der Waals surface area contributed by atoms with Gasteiger partial charge in [0.05, 0.1) is 18.8 Å². The summed E-state index contributed by atoms with van der Waals surface area (Å²) < 4.78 is 5.71. The Morgan fingerprint density at radius 3 is 2.75 bits per heavy atom. The number of morpholine rings is 1. The lowest BCUT2D eigenvalue weighted by atomic mass is 10.1. The van der Waals surface area contributed by atoms with E-state index in [0.717, 1.165) is 37.2 Å². The quantitative estimate of drug-likeness (QED) is 0.332. The van der Waals surface area contributed by atoms with Gasteiger partial charge in [0, 0.05) is 43.1 Å². The highest BCUT2D eigenvalue weighted by molar-refractivity contribution is 14.0. The Morgan fingerprint density at radius 2 is 2.11 bits per heavy atom. The molecule has 0 aliphatic carbocycles. The van der Waals surface area contributed by atoms with Crippen molar-refractivity contribution in [3.63, 3.8) is 0 Å². The fourth-order valence-electron chi connectivity index (χ4n) is 3.22. The van der Waals surface area contributed by atoms with E-state index in [9.17, 15) is 0 Å². The fraction of sp³-hybridized carbons (Fsp3) is 0.450. The lowest BCUT2D eigenvalue weighted by Gasteiger charge is -2.37. The Kier molecular flexibility index (Phi) is 10.0. The zero-order valence-electron chi connectivity index (χ0n) is 16.2. The van der Waals surface area contributed by atoms with Crippen LogP contribution in [0.25, 0.3) is 0 Å². The molecule has 1 fully saturated rings. The molecule has 2 unspecified atom stereocenters. The van der Waals surface area contributed by atoms with Crippen LogP contribution >= 0.6 is 46.9 Å². The van der Waals surface area contributed by atoms with Crippen molar-refractivity contribution in [1.82, 2.24) is 15.5 Å². The summed E-state index contributed by atoms with van der Waals surface area (Å²) in [6, 6.07) is 12.5. The molecule has 5 nitrogen and oxygen atoms in total. The van der Waals surface area contributed by atoms with Gasteiger partial charge in [-0.1, -0.05) is 29.8 Å². The second-order valence-electron chi connectivity index (χ2n) is 6.64.